The fourth-order valence-electron chi connectivity index (χ4n) is 2.72. The summed E-state index contributed by atoms with van der Waals surface area (Å²) in [4.78, 5) is 0. The lowest BCUT2D eigenvalue weighted by molar-refractivity contribution is 0.133. The molecule has 0 heterocycles. The number of benzene rings is 1. The van der Waals surface area contributed by atoms with Crippen molar-refractivity contribution in [2.75, 3.05) is 13.6 Å². The Morgan fingerprint density at radius 1 is 1.38 bits per heavy atom. The van der Waals surface area contributed by atoms with Crippen LogP contribution in [0.1, 0.15) is 30.4 Å². The molecular weight excluding hydrogens is 201 g/mol. The molecule has 1 aliphatic rings. The second-order valence-corrected chi connectivity index (χ2v) is 5.14. The monoisotopic (exact) mass is 221 g/mol. The largest absolute Gasteiger partial charge is 0.319 e. The van der Waals surface area contributed by atoms with Crippen LogP contribution < -0.4 is 5.32 Å². The number of halogens is 1. The van der Waals surface area contributed by atoms with E-state index in [-0.39, 0.29) is 5.82 Å². The number of aryl methyl sites for hydroxylation is 1. The Balaban J connectivity index is 2.10. The third-order valence-electron chi connectivity index (χ3n) is 3.77. The molecule has 0 amide bonds. The zero-order chi connectivity index (χ0) is 11.6. The van der Waals surface area contributed by atoms with Crippen LogP contribution >= 0.6 is 0 Å². The van der Waals surface area contributed by atoms with Gasteiger partial charge in [-0.1, -0.05) is 18.6 Å². The second-order valence-electron chi connectivity index (χ2n) is 5.14. The molecule has 1 aromatic rings. The molecule has 88 valence electrons. The normalized spacial score (nSPS) is 18.2. The van der Waals surface area contributed by atoms with E-state index in [1.807, 2.05) is 26.1 Å². The molecule has 1 saturated carbocycles. The summed E-state index contributed by atoms with van der Waals surface area (Å²) in [5, 5.41) is 3.28. The molecule has 1 N–H and O–H groups in total. The smallest absolute Gasteiger partial charge is 0.126 e. The lowest BCUT2D eigenvalue weighted by Crippen LogP contribution is -2.40. The summed E-state index contributed by atoms with van der Waals surface area (Å²) in [7, 11) is 2.01. The van der Waals surface area contributed by atoms with Crippen LogP contribution in [0.5, 0.6) is 0 Å². The minimum absolute atomic E-state index is 0.0972. The van der Waals surface area contributed by atoms with Gasteiger partial charge in [0.25, 0.3) is 0 Å². The molecule has 1 nitrogen and oxygen atoms in total. The average Bonchev–Trinajstić information content (AvgIpc) is 2.20. The highest BCUT2D eigenvalue weighted by Gasteiger charge is 2.36. The first-order valence-electron chi connectivity index (χ1n) is 6.05. The first-order chi connectivity index (χ1) is 7.65. The molecule has 1 aromatic carbocycles. The van der Waals surface area contributed by atoms with E-state index in [0.717, 1.165) is 18.5 Å². The van der Waals surface area contributed by atoms with Crippen LogP contribution in [0.2, 0.25) is 0 Å². The van der Waals surface area contributed by atoms with Crippen LogP contribution in [-0.4, -0.2) is 13.6 Å². The fourth-order valence-corrected chi connectivity index (χ4v) is 2.72. The molecule has 16 heavy (non-hydrogen) atoms. The molecular formula is C14H20FN. The Kier molecular flexibility index (Phi) is 3.29. The summed E-state index contributed by atoms with van der Waals surface area (Å²) in [5.41, 5.74) is 2.46. The van der Waals surface area contributed by atoms with Gasteiger partial charge in [-0.3, -0.25) is 0 Å². The van der Waals surface area contributed by atoms with Crippen LogP contribution in [0.4, 0.5) is 4.39 Å². The first-order valence-corrected chi connectivity index (χ1v) is 6.05. The third-order valence-corrected chi connectivity index (χ3v) is 3.77. The molecule has 0 aliphatic heterocycles. The van der Waals surface area contributed by atoms with E-state index in [1.165, 1.54) is 24.8 Å². The molecule has 0 saturated heterocycles. The molecule has 0 unspecified atom stereocenters. The highest BCUT2D eigenvalue weighted by Crippen LogP contribution is 2.43. The average molecular weight is 221 g/mol. The standard InChI is InChI=1S/C14H20FN/c1-11-8-12(4-5-13(11)15)9-14(10-16-2)6-3-7-14/h4-5,8,16H,3,6-7,9-10H2,1-2H3. The van der Waals surface area contributed by atoms with Crippen LogP contribution in [-0.2, 0) is 6.42 Å². The van der Waals surface area contributed by atoms with E-state index in [0.29, 0.717) is 5.41 Å². The van der Waals surface area contributed by atoms with Crippen molar-refractivity contribution >= 4 is 0 Å². The number of nitrogens with one attached hydrogen (secondary N) is 1. The zero-order valence-electron chi connectivity index (χ0n) is 10.1. The molecule has 2 heteroatoms. The Labute approximate surface area is 97.1 Å². The van der Waals surface area contributed by atoms with Crippen molar-refractivity contribution in [2.45, 2.75) is 32.6 Å². The van der Waals surface area contributed by atoms with Crippen LogP contribution in [0.3, 0.4) is 0 Å². The number of rotatable bonds is 4. The van der Waals surface area contributed by atoms with Crippen molar-refractivity contribution in [1.82, 2.24) is 5.32 Å². The van der Waals surface area contributed by atoms with Crippen molar-refractivity contribution in [3.8, 4) is 0 Å². The predicted molar refractivity (Wildman–Crippen MR) is 65.1 cm³/mol. The maximum Gasteiger partial charge on any atom is 0.126 e. The molecule has 0 bridgehead atoms. The lowest BCUT2D eigenvalue weighted by atomic mass is 9.65. The zero-order valence-corrected chi connectivity index (χ0v) is 10.1. The summed E-state index contributed by atoms with van der Waals surface area (Å²) in [6, 6.07) is 5.51. The topological polar surface area (TPSA) is 12.0 Å². The Bertz CT molecular complexity index is 369. The molecule has 0 spiro atoms. The highest BCUT2D eigenvalue weighted by atomic mass is 19.1. The van der Waals surface area contributed by atoms with Gasteiger partial charge < -0.3 is 5.32 Å². The van der Waals surface area contributed by atoms with Gasteiger partial charge in [-0.05, 0) is 55.8 Å². The summed E-state index contributed by atoms with van der Waals surface area (Å²) < 4.78 is 13.2. The van der Waals surface area contributed by atoms with E-state index >= 15 is 0 Å². The van der Waals surface area contributed by atoms with Gasteiger partial charge in [0.05, 0.1) is 0 Å². The lowest BCUT2D eigenvalue weighted by Gasteiger charge is -2.42. The summed E-state index contributed by atoms with van der Waals surface area (Å²) in [6.45, 7) is 2.91. The fraction of sp³-hybridized carbons (Fsp3) is 0.571. The predicted octanol–water partition coefficient (Wildman–Crippen LogP) is 3.07. The molecule has 0 radical (unpaired) electrons. The maximum atomic E-state index is 13.2. The Morgan fingerprint density at radius 3 is 2.62 bits per heavy atom. The van der Waals surface area contributed by atoms with E-state index in [4.69, 9.17) is 0 Å². The van der Waals surface area contributed by atoms with Gasteiger partial charge in [0, 0.05) is 6.54 Å². The van der Waals surface area contributed by atoms with Gasteiger partial charge in [-0.25, -0.2) is 4.39 Å². The van der Waals surface area contributed by atoms with Gasteiger partial charge in [0.2, 0.25) is 0 Å². The molecule has 0 aromatic heterocycles. The van der Waals surface area contributed by atoms with Crippen LogP contribution in [0, 0.1) is 18.2 Å². The molecule has 1 aliphatic carbocycles. The Hall–Kier alpha value is -0.890. The van der Waals surface area contributed by atoms with Crippen molar-refractivity contribution in [1.29, 1.82) is 0 Å². The van der Waals surface area contributed by atoms with Crippen molar-refractivity contribution in [3.05, 3.63) is 35.1 Å². The number of hydrogen-bond acceptors (Lipinski definition) is 1. The van der Waals surface area contributed by atoms with Gasteiger partial charge in [0.15, 0.2) is 0 Å². The van der Waals surface area contributed by atoms with Gasteiger partial charge >= 0.3 is 0 Å². The third kappa shape index (κ3) is 2.27. The van der Waals surface area contributed by atoms with Crippen LogP contribution in [0.15, 0.2) is 18.2 Å². The maximum absolute atomic E-state index is 13.2. The molecule has 0 atom stereocenters. The molecule has 1 fully saturated rings. The van der Waals surface area contributed by atoms with E-state index in [1.54, 1.807) is 6.07 Å². The summed E-state index contributed by atoms with van der Waals surface area (Å²) in [6.07, 6.45) is 5.01. The minimum Gasteiger partial charge on any atom is -0.319 e. The highest BCUT2D eigenvalue weighted by molar-refractivity contribution is 5.25. The van der Waals surface area contributed by atoms with Crippen LogP contribution in [0.25, 0.3) is 0 Å². The SMILES string of the molecule is CNCC1(Cc2ccc(F)c(C)c2)CCC1. The van der Waals surface area contributed by atoms with Crippen molar-refractivity contribution < 1.29 is 4.39 Å². The van der Waals surface area contributed by atoms with Crippen molar-refractivity contribution in [2.24, 2.45) is 5.41 Å². The van der Waals surface area contributed by atoms with Gasteiger partial charge in [0.1, 0.15) is 5.82 Å². The van der Waals surface area contributed by atoms with E-state index in [9.17, 15) is 4.39 Å². The number of hydrogen-bond donors (Lipinski definition) is 1. The first kappa shape index (κ1) is 11.6. The van der Waals surface area contributed by atoms with E-state index in [2.05, 4.69) is 5.32 Å². The summed E-state index contributed by atoms with van der Waals surface area (Å²) >= 11 is 0. The van der Waals surface area contributed by atoms with E-state index < -0.39 is 0 Å². The van der Waals surface area contributed by atoms with Crippen molar-refractivity contribution in [3.63, 3.8) is 0 Å². The second kappa shape index (κ2) is 4.54. The quantitative estimate of drug-likeness (QED) is 0.824. The minimum atomic E-state index is -0.0972. The Morgan fingerprint density at radius 2 is 2.12 bits per heavy atom. The molecule has 2 rings (SSSR count). The van der Waals surface area contributed by atoms with Gasteiger partial charge in [-0.15, -0.1) is 0 Å². The summed E-state index contributed by atoms with van der Waals surface area (Å²) in [5.74, 6) is -0.0972. The van der Waals surface area contributed by atoms with Gasteiger partial charge in [-0.2, -0.15) is 0 Å².